The lowest BCUT2D eigenvalue weighted by Crippen LogP contribution is -2.50. The molecule has 5 aromatic rings. The van der Waals surface area contributed by atoms with Crippen LogP contribution in [0.25, 0.3) is 44.4 Å². The Kier molecular flexibility index (Phi) is 15.5. The third-order valence-electron chi connectivity index (χ3n) is 10.4. The molecule has 2 heterocycles. The first kappa shape index (κ1) is 45.3. The first-order valence-electron chi connectivity index (χ1n) is 20.6. The van der Waals surface area contributed by atoms with Gasteiger partial charge in [0, 0.05) is 23.2 Å². The highest BCUT2D eigenvalue weighted by Crippen LogP contribution is 2.36. The normalized spacial score (nSPS) is 13.6. The minimum absolute atomic E-state index is 0.143. The fourth-order valence-electron chi connectivity index (χ4n) is 7.31. The number of ether oxygens (including phenoxy) is 2. The summed E-state index contributed by atoms with van der Waals surface area (Å²) in [5.74, 6) is 0.481. The standard InChI is InChI=1S/C44H60N8O6Si2/c1-25(2)37(51-43(55)57-5)41(53)49-35(23-59(7)8)39-45-21-33(47-39)28-17-15-27(16-18-28)29-19-20-32(31-14-12-11-13-30(29)31)34-22-46-40(48-34)36(24-60(9)10)50-42(54)38(26(3)4)52-44(56)58-6/h11-22,25-26,35-38,59-60H,23-24H2,1-10H3,(H,45,47)(H,46,48)(H,49,53)(H,50,54)(H,51,55)(H,52,56)/t35-,36-,37-,38-/m0/s1. The van der Waals surface area contributed by atoms with Crippen molar-refractivity contribution in [2.75, 3.05) is 14.2 Å². The third kappa shape index (κ3) is 11.3. The Bertz CT molecular complexity index is 2250. The van der Waals surface area contributed by atoms with Crippen LogP contribution in [-0.4, -0.2) is 87.8 Å². The minimum atomic E-state index is -1.17. The zero-order valence-corrected chi connectivity index (χ0v) is 38.6. The molecule has 4 atom stereocenters. The third-order valence-corrected chi connectivity index (χ3v) is 13.3. The summed E-state index contributed by atoms with van der Waals surface area (Å²) >= 11 is 0. The van der Waals surface area contributed by atoms with E-state index in [-0.39, 0.29) is 35.7 Å². The van der Waals surface area contributed by atoms with Crippen molar-refractivity contribution in [1.29, 1.82) is 0 Å². The highest BCUT2D eigenvalue weighted by molar-refractivity contribution is 6.56. The number of nitrogens with zero attached hydrogens (tertiary/aromatic N) is 2. The van der Waals surface area contributed by atoms with Crippen LogP contribution in [0.15, 0.2) is 73.1 Å². The van der Waals surface area contributed by atoms with Gasteiger partial charge in [0.15, 0.2) is 0 Å². The zero-order chi connectivity index (χ0) is 43.7. The molecule has 60 heavy (non-hydrogen) atoms. The minimum Gasteiger partial charge on any atom is -0.453 e. The van der Waals surface area contributed by atoms with Crippen LogP contribution in [0.3, 0.4) is 0 Å². The first-order valence-corrected chi connectivity index (χ1v) is 26.9. The lowest BCUT2D eigenvalue weighted by atomic mass is 9.93. The number of carbonyl (C=O) groups is 4. The molecular formula is C44H60N8O6Si2. The smallest absolute Gasteiger partial charge is 0.407 e. The van der Waals surface area contributed by atoms with Gasteiger partial charge in [0.05, 0.1) is 50.1 Å². The fourth-order valence-corrected chi connectivity index (χ4v) is 9.88. The van der Waals surface area contributed by atoms with Gasteiger partial charge in [-0.05, 0) is 51.4 Å². The van der Waals surface area contributed by atoms with Gasteiger partial charge in [-0.3, -0.25) is 9.59 Å². The Morgan fingerprint density at radius 3 is 1.45 bits per heavy atom. The number of imidazole rings is 2. The number of fused-ring (bicyclic) bond motifs is 1. The average molecular weight is 853 g/mol. The van der Waals surface area contributed by atoms with E-state index in [2.05, 4.69) is 106 Å². The molecule has 0 radical (unpaired) electrons. The molecular weight excluding hydrogens is 793 g/mol. The Hall–Kier alpha value is -5.75. The summed E-state index contributed by atoms with van der Waals surface area (Å²) in [4.78, 5) is 67.3. The van der Waals surface area contributed by atoms with Crippen molar-refractivity contribution in [2.24, 2.45) is 11.8 Å². The van der Waals surface area contributed by atoms with E-state index >= 15 is 0 Å². The topological polar surface area (TPSA) is 192 Å². The Balaban J connectivity index is 1.38. The van der Waals surface area contributed by atoms with E-state index in [1.54, 1.807) is 6.20 Å². The molecule has 0 aliphatic carbocycles. The molecule has 0 aliphatic heterocycles. The van der Waals surface area contributed by atoms with Crippen LogP contribution in [0.4, 0.5) is 9.59 Å². The number of nitrogens with one attached hydrogen (secondary N) is 6. The SMILES string of the molecule is COC(=O)N[C@H](C(=O)N[C@@H](C[SiH](C)C)c1ncc(-c2ccc(-c3ccc(-c4cnc([C@H](C[SiH](C)C)NC(=O)[C@@H](NC(=O)OC)C(C)C)[nH]4)c4ccccc34)cc2)[nH]1)C(C)C. The fraction of sp³-hybridized carbons (Fsp3) is 0.409. The highest BCUT2D eigenvalue weighted by Gasteiger charge is 2.30. The maximum Gasteiger partial charge on any atom is 0.407 e. The van der Waals surface area contributed by atoms with E-state index in [4.69, 9.17) is 19.4 Å². The summed E-state index contributed by atoms with van der Waals surface area (Å²) in [5, 5.41) is 13.7. The van der Waals surface area contributed by atoms with Crippen LogP contribution >= 0.6 is 0 Å². The molecule has 3 aromatic carbocycles. The molecule has 6 N–H and O–H groups in total. The van der Waals surface area contributed by atoms with Crippen molar-refractivity contribution in [3.8, 4) is 33.6 Å². The van der Waals surface area contributed by atoms with Crippen molar-refractivity contribution >= 4 is 52.4 Å². The predicted molar refractivity (Wildman–Crippen MR) is 242 cm³/mol. The molecule has 16 heteroatoms. The average Bonchev–Trinajstić information content (AvgIpc) is 3.92. The molecule has 0 unspecified atom stereocenters. The molecule has 0 bridgehead atoms. The summed E-state index contributed by atoms with van der Waals surface area (Å²) in [6, 6.07) is 20.2. The van der Waals surface area contributed by atoms with Crippen LogP contribution in [0.5, 0.6) is 0 Å². The second kappa shape index (κ2) is 20.5. The second-order valence-corrected chi connectivity index (χ2v) is 23.3. The van der Waals surface area contributed by atoms with Gasteiger partial charge in [-0.2, -0.15) is 0 Å². The first-order chi connectivity index (χ1) is 28.6. The molecule has 2 aromatic heterocycles. The molecule has 4 amide bonds. The van der Waals surface area contributed by atoms with E-state index in [0.29, 0.717) is 11.6 Å². The van der Waals surface area contributed by atoms with E-state index < -0.39 is 41.9 Å². The van der Waals surface area contributed by atoms with E-state index in [1.807, 2.05) is 46.0 Å². The number of rotatable bonds is 17. The van der Waals surface area contributed by atoms with E-state index in [9.17, 15) is 19.2 Å². The van der Waals surface area contributed by atoms with E-state index in [1.165, 1.54) is 14.2 Å². The van der Waals surface area contributed by atoms with Gasteiger partial charge in [-0.1, -0.05) is 115 Å². The van der Waals surface area contributed by atoms with Crippen molar-refractivity contribution in [1.82, 2.24) is 41.2 Å². The number of carbonyl (C=O) groups excluding carboxylic acids is 4. The maximum absolute atomic E-state index is 13.5. The Morgan fingerprint density at radius 2 is 1.00 bits per heavy atom. The second-order valence-electron chi connectivity index (χ2n) is 16.7. The molecule has 0 saturated carbocycles. The molecule has 0 spiro atoms. The van der Waals surface area contributed by atoms with Crippen LogP contribution < -0.4 is 21.3 Å². The Labute approximate surface area is 355 Å². The number of alkyl carbamates (subject to hydrolysis) is 2. The van der Waals surface area contributed by atoms with Crippen molar-refractivity contribution in [3.05, 3.63) is 84.7 Å². The zero-order valence-electron chi connectivity index (χ0n) is 36.3. The number of hydrogen-bond donors (Lipinski definition) is 6. The van der Waals surface area contributed by atoms with Crippen LogP contribution in [0.1, 0.15) is 51.4 Å². The summed E-state index contributed by atoms with van der Waals surface area (Å²) in [6.45, 7) is 16.4. The van der Waals surface area contributed by atoms with Crippen LogP contribution in [0.2, 0.25) is 38.3 Å². The molecule has 5 rings (SSSR count). The van der Waals surface area contributed by atoms with Gasteiger partial charge < -0.3 is 40.7 Å². The number of aromatic nitrogens is 4. The number of aromatic amines is 2. The summed E-state index contributed by atoms with van der Waals surface area (Å²) in [6.07, 6.45) is 2.31. The Morgan fingerprint density at radius 1 is 0.583 bits per heavy atom. The number of methoxy groups -OCH3 is 2. The molecule has 320 valence electrons. The van der Waals surface area contributed by atoms with Crippen molar-refractivity contribution < 1.29 is 28.7 Å². The summed E-state index contributed by atoms with van der Waals surface area (Å²) in [7, 11) is 0.246. The number of hydrogen-bond acceptors (Lipinski definition) is 8. The number of amides is 4. The van der Waals surface area contributed by atoms with Crippen LogP contribution in [-0.2, 0) is 19.1 Å². The van der Waals surface area contributed by atoms with Gasteiger partial charge in [-0.15, -0.1) is 0 Å². The highest BCUT2D eigenvalue weighted by atomic mass is 28.3. The number of benzene rings is 3. The maximum atomic E-state index is 13.5. The lowest BCUT2D eigenvalue weighted by molar-refractivity contribution is -0.125. The van der Waals surface area contributed by atoms with Gasteiger partial charge >= 0.3 is 12.2 Å². The van der Waals surface area contributed by atoms with Gasteiger partial charge in [0.1, 0.15) is 23.7 Å². The quantitative estimate of drug-likeness (QED) is 0.0524. The van der Waals surface area contributed by atoms with Gasteiger partial charge in [0.25, 0.3) is 0 Å². The van der Waals surface area contributed by atoms with Gasteiger partial charge in [-0.25, -0.2) is 19.6 Å². The monoisotopic (exact) mass is 852 g/mol. The van der Waals surface area contributed by atoms with Crippen LogP contribution in [0, 0.1) is 11.8 Å². The lowest BCUT2D eigenvalue weighted by Gasteiger charge is -2.25. The molecule has 0 aliphatic rings. The summed E-state index contributed by atoms with van der Waals surface area (Å²) in [5.41, 5.74) is 5.73. The molecule has 0 fully saturated rings. The molecule has 14 nitrogen and oxygen atoms in total. The molecule has 0 saturated heterocycles. The van der Waals surface area contributed by atoms with Gasteiger partial charge in [0.2, 0.25) is 11.8 Å². The van der Waals surface area contributed by atoms with Crippen molar-refractivity contribution in [3.63, 3.8) is 0 Å². The summed E-state index contributed by atoms with van der Waals surface area (Å²) < 4.78 is 9.52. The largest absolute Gasteiger partial charge is 0.453 e. The van der Waals surface area contributed by atoms with E-state index in [0.717, 1.165) is 56.5 Å². The predicted octanol–water partition coefficient (Wildman–Crippen LogP) is 7.34. The number of H-pyrrole nitrogens is 2. The van der Waals surface area contributed by atoms with Crippen molar-refractivity contribution in [2.45, 2.75) is 90.1 Å².